The average Bonchev–Trinajstić information content (AvgIpc) is 3.49. The van der Waals surface area contributed by atoms with Crippen LogP contribution in [-0.2, 0) is 5.41 Å². The highest BCUT2D eigenvalue weighted by Gasteiger charge is 2.59. The minimum atomic E-state index is 0.233. The molecule has 2 aliphatic heterocycles. The highest BCUT2D eigenvalue weighted by molar-refractivity contribution is 5.59. The maximum Gasteiger partial charge on any atom is 0.0370 e. The summed E-state index contributed by atoms with van der Waals surface area (Å²) in [5.74, 6) is 1.60. The number of benzene rings is 1. The Bertz CT molecular complexity index is 725. The Kier molecular flexibility index (Phi) is 5.29. The van der Waals surface area contributed by atoms with Crippen molar-refractivity contribution in [3.8, 4) is 0 Å². The summed E-state index contributed by atoms with van der Waals surface area (Å²) < 4.78 is 0. The molecule has 1 aromatic carbocycles. The van der Waals surface area contributed by atoms with Crippen molar-refractivity contribution in [2.75, 3.05) is 38.5 Å². The van der Waals surface area contributed by atoms with Crippen molar-refractivity contribution in [3.63, 3.8) is 0 Å². The van der Waals surface area contributed by atoms with Crippen molar-refractivity contribution in [3.05, 3.63) is 28.8 Å². The minimum absolute atomic E-state index is 0.233. The number of anilines is 1. The summed E-state index contributed by atoms with van der Waals surface area (Å²) in [5.41, 5.74) is 6.43. The van der Waals surface area contributed by atoms with Crippen molar-refractivity contribution in [1.82, 2.24) is 10.2 Å². The quantitative estimate of drug-likeness (QED) is 0.787. The number of nitrogens with one attached hydrogen (secondary N) is 2. The molecule has 2 heterocycles. The fourth-order valence-electron chi connectivity index (χ4n) is 7.00. The summed E-state index contributed by atoms with van der Waals surface area (Å²) in [7, 11) is 2.07. The summed E-state index contributed by atoms with van der Waals surface area (Å²) >= 11 is 0. The highest BCUT2D eigenvalue weighted by atomic mass is 15.2. The molecular formula is C25H41N3. The second-order valence-corrected chi connectivity index (χ2v) is 10.3. The Hall–Kier alpha value is -1.06. The lowest BCUT2D eigenvalue weighted by atomic mass is 9.48. The third-order valence-corrected chi connectivity index (χ3v) is 8.97. The molecule has 3 nitrogen and oxygen atoms in total. The predicted molar refractivity (Wildman–Crippen MR) is 120 cm³/mol. The number of hydrogen-bond acceptors (Lipinski definition) is 3. The first-order chi connectivity index (χ1) is 13.3. The predicted octanol–water partition coefficient (Wildman–Crippen LogP) is 4.72. The van der Waals surface area contributed by atoms with Gasteiger partial charge in [-0.2, -0.15) is 0 Å². The zero-order valence-corrected chi connectivity index (χ0v) is 19.0. The van der Waals surface area contributed by atoms with Crippen LogP contribution < -0.4 is 10.6 Å². The molecule has 3 aliphatic rings. The number of nitrogens with zero attached hydrogens (tertiary/aromatic N) is 1. The van der Waals surface area contributed by atoms with Gasteiger partial charge in [0.15, 0.2) is 0 Å². The Morgan fingerprint density at radius 3 is 2.61 bits per heavy atom. The molecule has 0 aromatic heterocycles. The molecule has 0 bridgehead atoms. The largest absolute Gasteiger partial charge is 0.388 e. The fraction of sp³-hybridized carbons (Fsp3) is 0.760. The van der Waals surface area contributed by atoms with Crippen molar-refractivity contribution >= 4 is 5.69 Å². The molecule has 2 N–H and O–H groups in total. The normalized spacial score (nSPS) is 36.6. The number of hydrogen-bond donors (Lipinski definition) is 2. The molecule has 0 radical (unpaired) electrons. The van der Waals surface area contributed by atoms with E-state index in [0.717, 1.165) is 19.0 Å². The average molecular weight is 384 g/mol. The lowest BCUT2D eigenvalue weighted by Gasteiger charge is -2.62. The number of piperidine rings is 1. The molecule has 156 valence electrons. The second kappa shape index (κ2) is 7.32. The number of likely N-dealkylation sites (tertiary alicyclic amines) is 1. The van der Waals surface area contributed by atoms with Gasteiger partial charge in [0.25, 0.3) is 0 Å². The monoisotopic (exact) mass is 383 g/mol. The van der Waals surface area contributed by atoms with Gasteiger partial charge < -0.3 is 10.6 Å². The van der Waals surface area contributed by atoms with Crippen LogP contribution in [0.2, 0.25) is 0 Å². The van der Waals surface area contributed by atoms with E-state index in [9.17, 15) is 0 Å². The van der Waals surface area contributed by atoms with Crippen molar-refractivity contribution < 1.29 is 0 Å². The fourth-order valence-corrected chi connectivity index (χ4v) is 7.00. The van der Waals surface area contributed by atoms with Gasteiger partial charge in [-0.3, -0.25) is 4.90 Å². The van der Waals surface area contributed by atoms with Crippen molar-refractivity contribution in [2.24, 2.45) is 17.3 Å². The molecule has 3 heteroatoms. The Morgan fingerprint density at radius 2 is 1.93 bits per heavy atom. The van der Waals surface area contributed by atoms with Gasteiger partial charge in [0.2, 0.25) is 0 Å². The van der Waals surface area contributed by atoms with Crippen LogP contribution in [0.25, 0.3) is 0 Å². The first-order valence-corrected chi connectivity index (χ1v) is 11.6. The van der Waals surface area contributed by atoms with Crippen LogP contribution in [0.5, 0.6) is 0 Å². The van der Waals surface area contributed by atoms with E-state index < -0.39 is 0 Å². The number of aryl methyl sites for hydroxylation is 1. The molecule has 4 unspecified atom stereocenters. The molecule has 0 spiro atoms. The highest BCUT2D eigenvalue weighted by Crippen LogP contribution is 2.60. The number of fused-ring (bicyclic) bond motifs is 1. The summed E-state index contributed by atoms with van der Waals surface area (Å²) in [6.07, 6.45) is 5.46. The molecule has 2 saturated heterocycles. The lowest BCUT2D eigenvalue weighted by molar-refractivity contribution is -0.0625. The first kappa shape index (κ1) is 20.2. The topological polar surface area (TPSA) is 27.3 Å². The molecular weight excluding hydrogens is 342 g/mol. The van der Waals surface area contributed by atoms with Crippen molar-refractivity contribution in [2.45, 2.75) is 71.8 Å². The van der Waals surface area contributed by atoms with Crippen LogP contribution in [0.15, 0.2) is 12.1 Å². The van der Waals surface area contributed by atoms with Gasteiger partial charge in [-0.25, -0.2) is 0 Å². The summed E-state index contributed by atoms with van der Waals surface area (Å²) in [4.78, 5) is 2.85. The molecule has 1 aromatic rings. The molecule has 4 atom stereocenters. The van der Waals surface area contributed by atoms with Gasteiger partial charge in [0.05, 0.1) is 0 Å². The Morgan fingerprint density at radius 1 is 1.18 bits per heavy atom. The second-order valence-electron chi connectivity index (χ2n) is 10.3. The zero-order valence-electron chi connectivity index (χ0n) is 19.0. The Balaban J connectivity index is 1.87. The SMILES string of the molecule is CNc1ccc(C)c(C23CCN(CC4CC4)C(C)C2(C)CCNCC3C)c1C. The van der Waals surface area contributed by atoms with E-state index in [-0.39, 0.29) is 10.8 Å². The van der Waals surface area contributed by atoms with Gasteiger partial charge in [0, 0.05) is 30.7 Å². The molecule has 1 saturated carbocycles. The third-order valence-electron chi connectivity index (χ3n) is 8.97. The van der Waals surface area contributed by atoms with E-state index in [1.807, 2.05) is 0 Å². The van der Waals surface area contributed by atoms with E-state index in [4.69, 9.17) is 0 Å². The summed E-state index contributed by atoms with van der Waals surface area (Å²) in [5, 5.41) is 7.26. The summed E-state index contributed by atoms with van der Waals surface area (Å²) in [6, 6.07) is 5.25. The van der Waals surface area contributed by atoms with Crippen LogP contribution in [0, 0.1) is 31.1 Å². The van der Waals surface area contributed by atoms with Crippen LogP contribution in [-0.4, -0.2) is 44.2 Å². The van der Waals surface area contributed by atoms with Crippen molar-refractivity contribution in [1.29, 1.82) is 0 Å². The van der Waals surface area contributed by atoms with Crippen LogP contribution in [0.3, 0.4) is 0 Å². The molecule has 3 fully saturated rings. The van der Waals surface area contributed by atoms with Gasteiger partial charge in [-0.05, 0) is 106 Å². The van der Waals surface area contributed by atoms with Crippen LogP contribution in [0.1, 0.15) is 63.1 Å². The molecule has 1 aliphatic carbocycles. The molecule has 28 heavy (non-hydrogen) atoms. The van der Waals surface area contributed by atoms with Gasteiger partial charge in [0.1, 0.15) is 0 Å². The van der Waals surface area contributed by atoms with Crippen LogP contribution >= 0.6 is 0 Å². The zero-order chi connectivity index (χ0) is 20.1. The van der Waals surface area contributed by atoms with Crippen LogP contribution in [0.4, 0.5) is 5.69 Å². The molecule has 4 rings (SSSR count). The summed E-state index contributed by atoms with van der Waals surface area (Å²) in [6.45, 7) is 17.3. The smallest absolute Gasteiger partial charge is 0.0370 e. The maximum atomic E-state index is 3.80. The minimum Gasteiger partial charge on any atom is -0.388 e. The van der Waals surface area contributed by atoms with Gasteiger partial charge >= 0.3 is 0 Å². The maximum absolute atomic E-state index is 3.80. The lowest BCUT2D eigenvalue weighted by Crippen LogP contribution is -2.64. The first-order valence-electron chi connectivity index (χ1n) is 11.6. The van der Waals surface area contributed by atoms with E-state index >= 15 is 0 Å². The Labute approximate surface area is 172 Å². The van der Waals surface area contributed by atoms with E-state index in [1.54, 1.807) is 5.56 Å². The number of rotatable bonds is 4. The van der Waals surface area contributed by atoms with E-state index in [2.05, 4.69) is 69.3 Å². The van der Waals surface area contributed by atoms with Gasteiger partial charge in [-0.1, -0.05) is 19.9 Å². The van der Waals surface area contributed by atoms with Gasteiger partial charge in [-0.15, -0.1) is 0 Å². The van der Waals surface area contributed by atoms with E-state index in [0.29, 0.717) is 12.0 Å². The standard InChI is InChI=1S/C25H41N3/c1-17-7-10-22(26-6)19(3)23(17)25-12-14-28(16-21-8-9-21)20(4)24(25,5)11-13-27-15-18(25)2/h7,10,18,20-21,26-27H,8-9,11-16H2,1-6H3. The third kappa shape index (κ3) is 2.92. The van der Waals surface area contributed by atoms with E-state index in [1.165, 1.54) is 55.6 Å². The molecule has 0 amide bonds.